The van der Waals surface area contributed by atoms with Crippen molar-refractivity contribution in [3.05, 3.63) is 63.7 Å². The Balaban J connectivity index is 2.05. The highest BCUT2D eigenvalue weighted by molar-refractivity contribution is 5.95. The molecule has 8 nitrogen and oxygen atoms in total. The van der Waals surface area contributed by atoms with Crippen LogP contribution in [-0.2, 0) is 0 Å². The molecule has 1 N–H and O–H groups in total. The molecule has 2 rings (SSSR count). The maximum Gasteiger partial charge on any atom is 0.271 e. The average molecular weight is 355 g/mol. The van der Waals surface area contributed by atoms with E-state index in [-0.39, 0.29) is 11.3 Å². The molecule has 0 saturated heterocycles. The highest BCUT2D eigenvalue weighted by Gasteiger charge is 2.07. The van der Waals surface area contributed by atoms with Gasteiger partial charge in [0.1, 0.15) is 0 Å². The summed E-state index contributed by atoms with van der Waals surface area (Å²) in [4.78, 5) is 24.4. The number of non-ortho nitro benzene ring substituents is 1. The number of rotatable bonds is 7. The molecule has 0 spiro atoms. The van der Waals surface area contributed by atoms with E-state index in [2.05, 4.69) is 29.3 Å². The Morgan fingerprint density at radius 3 is 2.42 bits per heavy atom. The Bertz CT molecular complexity index is 814. The minimum Gasteiger partial charge on any atom is -0.872 e. The molecule has 2 aromatic carbocycles. The smallest absolute Gasteiger partial charge is 0.271 e. The normalized spacial score (nSPS) is 10.7. The predicted molar refractivity (Wildman–Crippen MR) is 97.6 cm³/mol. The minimum absolute atomic E-state index is 0.0244. The lowest BCUT2D eigenvalue weighted by Crippen LogP contribution is -2.22. The van der Waals surface area contributed by atoms with Crippen LogP contribution in [0.3, 0.4) is 0 Å². The fraction of sp³-hybridized carbons (Fsp3) is 0.222. The molecule has 0 fully saturated rings. The fourth-order valence-electron chi connectivity index (χ4n) is 2.39. The summed E-state index contributed by atoms with van der Waals surface area (Å²) in [5, 5.41) is 26.1. The largest absolute Gasteiger partial charge is 0.872 e. The Labute approximate surface area is 150 Å². The van der Waals surface area contributed by atoms with Crippen molar-refractivity contribution in [3.63, 3.8) is 0 Å². The first-order valence-electron chi connectivity index (χ1n) is 8.10. The summed E-state index contributed by atoms with van der Waals surface area (Å²) in [7, 11) is 0. The third-order valence-electron chi connectivity index (χ3n) is 3.83. The van der Waals surface area contributed by atoms with Gasteiger partial charge in [-0.1, -0.05) is 11.8 Å². The summed E-state index contributed by atoms with van der Waals surface area (Å²) >= 11 is 0. The van der Waals surface area contributed by atoms with E-state index in [0.29, 0.717) is 5.56 Å². The van der Waals surface area contributed by atoms with Gasteiger partial charge in [0, 0.05) is 36.5 Å². The average Bonchev–Trinajstić information content (AvgIpc) is 2.64. The molecule has 0 saturated carbocycles. The van der Waals surface area contributed by atoms with Crippen LogP contribution >= 0.6 is 0 Å². The number of nitrogens with zero attached hydrogens (tertiary/aromatic N) is 3. The second-order valence-corrected chi connectivity index (χ2v) is 5.40. The van der Waals surface area contributed by atoms with Crippen molar-refractivity contribution in [2.24, 2.45) is 5.10 Å². The molecule has 0 unspecified atom stereocenters. The fourth-order valence-corrected chi connectivity index (χ4v) is 2.39. The van der Waals surface area contributed by atoms with E-state index in [4.69, 9.17) is 0 Å². The molecule has 2 aromatic rings. The summed E-state index contributed by atoms with van der Waals surface area (Å²) in [6.07, 6.45) is 1.09. The van der Waals surface area contributed by atoms with Crippen LogP contribution in [0.5, 0.6) is 5.75 Å². The number of carbonyl (C=O) groups is 1. The molecule has 0 aliphatic rings. The van der Waals surface area contributed by atoms with Gasteiger partial charge < -0.3 is 10.0 Å². The quantitative estimate of drug-likeness (QED) is 0.465. The molecule has 8 heteroatoms. The van der Waals surface area contributed by atoms with Crippen LogP contribution in [-0.4, -0.2) is 30.1 Å². The molecule has 26 heavy (non-hydrogen) atoms. The number of benzene rings is 2. The van der Waals surface area contributed by atoms with Crippen molar-refractivity contribution in [1.29, 1.82) is 0 Å². The van der Waals surface area contributed by atoms with E-state index in [1.165, 1.54) is 0 Å². The molecule has 0 aromatic heterocycles. The monoisotopic (exact) mass is 355 g/mol. The Hall–Kier alpha value is -3.42. The van der Waals surface area contributed by atoms with E-state index in [1.807, 2.05) is 12.1 Å². The third kappa shape index (κ3) is 4.56. The van der Waals surface area contributed by atoms with Crippen molar-refractivity contribution in [3.8, 4) is 5.75 Å². The third-order valence-corrected chi connectivity index (χ3v) is 3.83. The summed E-state index contributed by atoms with van der Waals surface area (Å²) in [5.41, 5.74) is 3.55. The molecule has 0 atom stereocenters. The van der Waals surface area contributed by atoms with Crippen molar-refractivity contribution in [2.75, 3.05) is 18.0 Å². The maximum atomic E-state index is 12.1. The Morgan fingerprint density at radius 2 is 1.85 bits per heavy atom. The number of hydrazone groups is 1. The Kier molecular flexibility index (Phi) is 6.26. The summed E-state index contributed by atoms with van der Waals surface area (Å²) in [6, 6.07) is 10.4. The van der Waals surface area contributed by atoms with Crippen LogP contribution in [0.1, 0.15) is 29.8 Å². The molecule has 0 bridgehead atoms. The van der Waals surface area contributed by atoms with E-state index in [0.717, 1.165) is 43.2 Å². The first-order chi connectivity index (χ1) is 12.5. The number of nitro benzene ring substituents is 1. The number of anilines is 1. The lowest BCUT2D eigenvalue weighted by Gasteiger charge is -2.20. The van der Waals surface area contributed by atoms with Gasteiger partial charge in [-0.25, -0.2) is 5.43 Å². The zero-order valence-corrected chi connectivity index (χ0v) is 14.5. The van der Waals surface area contributed by atoms with Gasteiger partial charge in [-0.2, -0.15) is 5.10 Å². The van der Waals surface area contributed by atoms with E-state index in [1.54, 1.807) is 12.1 Å². The predicted octanol–water partition coefficient (Wildman–Crippen LogP) is 2.28. The molecule has 0 aliphatic carbocycles. The van der Waals surface area contributed by atoms with Crippen molar-refractivity contribution in [1.82, 2.24) is 5.43 Å². The summed E-state index contributed by atoms with van der Waals surface area (Å²) < 4.78 is 0. The summed E-state index contributed by atoms with van der Waals surface area (Å²) in [6.45, 7) is 5.84. The first-order valence-corrected chi connectivity index (χ1v) is 8.10. The van der Waals surface area contributed by atoms with E-state index >= 15 is 0 Å². The zero-order valence-electron chi connectivity index (χ0n) is 14.5. The SMILES string of the molecule is CCN(CC)c1ccc(C(=O)N/N=C\c2cc([N+](=O)[O-])ccc2[O-])cc1. The Morgan fingerprint density at radius 1 is 1.19 bits per heavy atom. The first kappa shape index (κ1) is 18.9. The van der Waals surface area contributed by atoms with Gasteiger partial charge in [-0.15, -0.1) is 0 Å². The molecule has 0 heterocycles. The standard InChI is InChI=1S/C18H20N4O4/c1-3-21(4-2)15-7-5-13(6-8-15)18(24)20-19-12-14-11-16(22(25)26)9-10-17(14)23/h5-12,23H,3-4H2,1-2H3,(H,20,24)/p-1/b19-12-. The van der Waals surface area contributed by atoms with E-state index < -0.39 is 16.6 Å². The number of amides is 1. The molecule has 136 valence electrons. The second-order valence-electron chi connectivity index (χ2n) is 5.40. The van der Waals surface area contributed by atoms with Crippen molar-refractivity contribution < 1.29 is 14.8 Å². The number of hydrogen-bond donors (Lipinski definition) is 1. The number of hydrogen-bond acceptors (Lipinski definition) is 6. The lowest BCUT2D eigenvalue weighted by atomic mass is 10.2. The topological polar surface area (TPSA) is 111 Å². The van der Waals surface area contributed by atoms with Gasteiger partial charge in [0.05, 0.1) is 11.1 Å². The van der Waals surface area contributed by atoms with Gasteiger partial charge in [0.25, 0.3) is 11.6 Å². The highest BCUT2D eigenvalue weighted by Crippen LogP contribution is 2.19. The van der Waals surface area contributed by atoms with Crippen molar-refractivity contribution >= 4 is 23.5 Å². The van der Waals surface area contributed by atoms with Crippen LogP contribution in [0.2, 0.25) is 0 Å². The van der Waals surface area contributed by atoms with E-state index in [9.17, 15) is 20.0 Å². The maximum absolute atomic E-state index is 12.1. The van der Waals surface area contributed by atoms with Crippen LogP contribution in [0.4, 0.5) is 11.4 Å². The molecular weight excluding hydrogens is 336 g/mol. The molecule has 0 radical (unpaired) electrons. The van der Waals surface area contributed by atoms with Gasteiger partial charge in [-0.05, 0) is 43.7 Å². The van der Waals surface area contributed by atoms with Gasteiger partial charge in [0.15, 0.2) is 0 Å². The molecule has 0 aliphatic heterocycles. The van der Waals surface area contributed by atoms with Gasteiger partial charge in [0.2, 0.25) is 0 Å². The minimum atomic E-state index is -0.604. The van der Waals surface area contributed by atoms with Crippen LogP contribution in [0.15, 0.2) is 47.6 Å². The number of nitrogens with one attached hydrogen (secondary N) is 1. The highest BCUT2D eigenvalue weighted by atomic mass is 16.6. The number of nitro groups is 1. The van der Waals surface area contributed by atoms with Crippen molar-refractivity contribution in [2.45, 2.75) is 13.8 Å². The van der Waals surface area contributed by atoms with Gasteiger partial charge >= 0.3 is 0 Å². The van der Waals surface area contributed by atoms with Crippen LogP contribution < -0.4 is 15.4 Å². The van der Waals surface area contributed by atoms with Crippen LogP contribution in [0, 0.1) is 10.1 Å². The van der Waals surface area contributed by atoms with Gasteiger partial charge in [-0.3, -0.25) is 14.9 Å². The second kappa shape index (κ2) is 8.61. The van der Waals surface area contributed by atoms with Crippen LogP contribution in [0.25, 0.3) is 0 Å². The molecule has 1 amide bonds. The zero-order chi connectivity index (χ0) is 19.1. The molecular formula is C18H19N4O4-. The number of carbonyl (C=O) groups excluding carboxylic acids is 1. The lowest BCUT2D eigenvalue weighted by molar-refractivity contribution is -0.385. The summed E-state index contributed by atoms with van der Waals surface area (Å²) in [5.74, 6) is -0.859.